The molecule has 0 saturated carbocycles. The van der Waals surface area contributed by atoms with Gasteiger partial charge in [0.2, 0.25) is 0 Å². The monoisotopic (exact) mass is 225 g/mol. The maximum Gasteiger partial charge on any atom is 0.441 e. The van der Waals surface area contributed by atoms with E-state index in [0.717, 1.165) is 0 Å². The molecule has 0 unspecified atom stereocenters. The van der Waals surface area contributed by atoms with Crippen molar-refractivity contribution in [2.24, 2.45) is 5.73 Å². The summed E-state index contributed by atoms with van der Waals surface area (Å²) in [5.74, 6) is -0.0325. The van der Waals surface area contributed by atoms with Crippen molar-refractivity contribution >= 4 is 11.8 Å². The predicted molar refractivity (Wildman–Crippen MR) is 48.6 cm³/mol. The second-order valence-electron chi connectivity index (χ2n) is 2.57. The molecule has 0 aromatic carbocycles. The molecule has 1 heterocycles. The molecule has 14 heavy (non-hydrogen) atoms. The number of hydrogen-bond acceptors (Lipinski definition) is 3. The van der Waals surface area contributed by atoms with Gasteiger partial charge in [-0.25, -0.2) is 0 Å². The topological polar surface area (TPSA) is 43.8 Å². The number of alkyl halides is 3. The second kappa shape index (κ2) is 4.70. The van der Waals surface area contributed by atoms with Gasteiger partial charge in [0.05, 0.1) is 12.2 Å². The fourth-order valence-corrected chi connectivity index (χ4v) is 1.40. The van der Waals surface area contributed by atoms with Gasteiger partial charge in [0, 0.05) is 18.5 Å². The van der Waals surface area contributed by atoms with E-state index in [1.165, 1.54) is 4.68 Å². The van der Waals surface area contributed by atoms with Crippen LogP contribution in [0.5, 0.6) is 0 Å². The highest BCUT2D eigenvalue weighted by atomic mass is 32.2. The molecule has 0 radical (unpaired) electrons. The summed E-state index contributed by atoms with van der Waals surface area (Å²) in [5, 5.41) is 3.96. The van der Waals surface area contributed by atoms with Crippen LogP contribution in [0.1, 0.15) is 5.69 Å². The molecule has 2 N–H and O–H groups in total. The summed E-state index contributed by atoms with van der Waals surface area (Å²) in [5.41, 5.74) is 1.82. The molecule has 80 valence electrons. The van der Waals surface area contributed by atoms with Gasteiger partial charge in [-0.05, 0) is 17.8 Å². The average Bonchev–Trinajstić information content (AvgIpc) is 2.50. The molecule has 1 aromatic heterocycles. The fraction of sp³-hybridized carbons (Fsp3) is 0.571. The van der Waals surface area contributed by atoms with Gasteiger partial charge in [-0.1, -0.05) is 0 Å². The molecular formula is C7H10F3N3S. The average molecular weight is 225 g/mol. The zero-order chi connectivity index (χ0) is 10.6. The first kappa shape index (κ1) is 11.4. The van der Waals surface area contributed by atoms with Crippen molar-refractivity contribution in [1.29, 1.82) is 0 Å². The minimum Gasteiger partial charge on any atom is -0.325 e. The van der Waals surface area contributed by atoms with Gasteiger partial charge in [0.15, 0.2) is 0 Å². The molecule has 0 fully saturated rings. The standard InChI is InChI=1S/C7H10F3N3S/c8-7(9,10)14-4-3-13-2-1-6(5-11)12-13/h1-2H,3-5,11H2. The number of rotatable bonds is 4. The molecule has 0 aliphatic carbocycles. The van der Waals surface area contributed by atoms with E-state index in [9.17, 15) is 13.2 Å². The van der Waals surface area contributed by atoms with Crippen molar-refractivity contribution in [3.63, 3.8) is 0 Å². The van der Waals surface area contributed by atoms with Crippen LogP contribution in [0.2, 0.25) is 0 Å². The second-order valence-corrected chi connectivity index (χ2v) is 3.73. The molecule has 0 aliphatic rings. The highest BCUT2D eigenvalue weighted by molar-refractivity contribution is 8.00. The Balaban J connectivity index is 2.31. The first-order chi connectivity index (χ1) is 6.51. The summed E-state index contributed by atoms with van der Waals surface area (Å²) in [4.78, 5) is 0. The van der Waals surface area contributed by atoms with Gasteiger partial charge >= 0.3 is 5.51 Å². The Morgan fingerprint density at radius 3 is 2.71 bits per heavy atom. The van der Waals surface area contributed by atoms with Crippen LogP contribution in [0, 0.1) is 0 Å². The summed E-state index contributed by atoms with van der Waals surface area (Å²) in [6.45, 7) is 0.545. The predicted octanol–water partition coefficient (Wildman–Crippen LogP) is 1.59. The number of hydrogen-bond donors (Lipinski definition) is 1. The number of aromatic nitrogens is 2. The summed E-state index contributed by atoms with van der Waals surface area (Å²) in [7, 11) is 0. The third-order valence-electron chi connectivity index (χ3n) is 1.49. The molecule has 0 atom stereocenters. The van der Waals surface area contributed by atoms with Crippen molar-refractivity contribution in [1.82, 2.24) is 9.78 Å². The van der Waals surface area contributed by atoms with Gasteiger partial charge in [-0.2, -0.15) is 18.3 Å². The Morgan fingerprint density at radius 1 is 1.50 bits per heavy atom. The van der Waals surface area contributed by atoms with Crippen LogP contribution in [0.15, 0.2) is 12.3 Å². The van der Waals surface area contributed by atoms with Crippen LogP contribution in [-0.2, 0) is 13.1 Å². The third kappa shape index (κ3) is 4.01. The summed E-state index contributed by atoms with van der Waals surface area (Å²) >= 11 is -0.0468. The van der Waals surface area contributed by atoms with Crippen LogP contribution >= 0.6 is 11.8 Å². The van der Waals surface area contributed by atoms with Crippen molar-refractivity contribution < 1.29 is 13.2 Å². The smallest absolute Gasteiger partial charge is 0.325 e. The fourth-order valence-electron chi connectivity index (χ4n) is 0.892. The number of aryl methyl sites for hydroxylation is 1. The lowest BCUT2D eigenvalue weighted by Crippen LogP contribution is -2.08. The maximum atomic E-state index is 11.7. The lowest BCUT2D eigenvalue weighted by Gasteiger charge is -2.04. The zero-order valence-electron chi connectivity index (χ0n) is 7.29. The molecule has 7 heteroatoms. The van der Waals surface area contributed by atoms with Crippen LogP contribution in [0.25, 0.3) is 0 Å². The molecule has 0 saturated heterocycles. The molecule has 0 bridgehead atoms. The van der Waals surface area contributed by atoms with E-state index in [2.05, 4.69) is 5.10 Å². The van der Waals surface area contributed by atoms with Crippen molar-refractivity contribution in [2.75, 3.05) is 5.75 Å². The van der Waals surface area contributed by atoms with Crippen molar-refractivity contribution in [3.8, 4) is 0 Å². The lowest BCUT2D eigenvalue weighted by atomic mass is 10.4. The Kier molecular flexibility index (Phi) is 3.82. The van der Waals surface area contributed by atoms with E-state index in [0.29, 0.717) is 12.2 Å². The van der Waals surface area contributed by atoms with Crippen molar-refractivity contribution in [3.05, 3.63) is 18.0 Å². The van der Waals surface area contributed by atoms with E-state index >= 15 is 0 Å². The van der Waals surface area contributed by atoms with Gasteiger partial charge in [-0.3, -0.25) is 4.68 Å². The van der Waals surface area contributed by atoms with Gasteiger partial charge < -0.3 is 5.73 Å². The minimum atomic E-state index is -4.16. The Labute approximate surface area is 83.5 Å². The van der Waals surface area contributed by atoms with E-state index in [4.69, 9.17) is 5.73 Å². The molecule has 1 aromatic rings. The summed E-state index contributed by atoms with van der Waals surface area (Å²) in [6, 6.07) is 1.69. The summed E-state index contributed by atoms with van der Waals surface area (Å²) < 4.78 is 36.7. The van der Waals surface area contributed by atoms with E-state index in [1.54, 1.807) is 12.3 Å². The normalized spacial score (nSPS) is 12.0. The van der Waals surface area contributed by atoms with Gasteiger partial charge in [0.25, 0.3) is 0 Å². The Morgan fingerprint density at radius 2 is 2.21 bits per heavy atom. The zero-order valence-corrected chi connectivity index (χ0v) is 8.11. The first-order valence-electron chi connectivity index (χ1n) is 3.94. The minimum absolute atomic E-state index is 0.0325. The number of thioether (sulfide) groups is 1. The van der Waals surface area contributed by atoms with Crippen LogP contribution in [0.3, 0.4) is 0 Å². The molecule has 1 rings (SSSR count). The first-order valence-corrected chi connectivity index (χ1v) is 4.93. The van der Waals surface area contributed by atoms with Crippen LogP contribution < -0.4 is 5.73 Å². The summed E-state index contributed by atoms with van der Waals surface area (Å²) in [6.07, 6.45) is 1.62. The third-order valence-corrected chi connectivity index (χ3v) is 2.21. The molecule has 0 spiro atoms. The molecule has 3 nitrogen and oxygen atoms in total. The Bertz CT molecular complexity index is 284. The SMILES string of the molecule is NCc1ccn(CCSC(F)(F)F)n1. The largest absolute Gasteiger partial charge is 0.441 e. The van der Waals surface area contributed by atoms with Gasteiger partial charge in [0.1, 0.15) is 0 Å². The van der Waals surface area contributed by atoms with Crippen molar-refractivity contribution in [2.45, 2.75) is 18.6 Å². The highest BCUT2D eigenvalue weighted by Crippen LogP contribution is 2.29. The molecule has 0 aliphatic heterocycles. The maximum absolute atomic E-state index is 11.7. The van der Waals surface area contributed by atoms with E-state index in [-0.39, 0.29) is 24.1 Å². The molecular weight excluding hydrogens is 215 g/mol. The van der Waals surface area contributed by atoms with Gasteiger partial charge in [-0.15, -0.1) is 0 Å². The highest BCUT2D eigenvalue weighted by Gasteiger charge is 2.27. The Hall–Kier alpha value is -0.690. The van der Waals surface area contributed by atoms with Crippen LogP contribution in [0.4, 0.5) is 13.2 Å². The number of nitrogens with zero attached hydrogens (tertiary/aromatic N) is 2. The van der Waals surface area contributed by atoms with E-state index in [1.807, 2.05) is 0 Å². The number of nitrogens with two attached hydrogens (primary N) is 1. The van der Waals surface area contributed by atoms with Crippen LogP contribution in [-0.4, -0.2) is 21.0 Å². The molecule has 0 amide bonds. The quantitative estimate of drug-likeness (QED) is 0.846. The van der Waals surface area contributed by atoms with E-state index < -0.39 is 5.51 Å². The lowest BCUT2D eigenvalue weighted by molar-refractivity contribution is -0.0328. The number of halogens is 3.